The standard InChI is InChI=1S/C14H13NO5S/c1-19-10-4-2-3-5-11(10)20-8-12(16)15-13-9(14(17)18)6-7-21-13/h2-7H,8H2,1H3,(H,15,16)(H,17,18). The van der Waals surface area contributed by atoms with Crippen LogP contribution in [0.25, 0.3) is 0 Å². The third-order valence-corrected chi connectivity index (χ3v) is 3.41. The van der Waals surface area contributed by atoms with Gasteiger partial charge in [0.05, 0.1) is 12.7 Å². The average molecular weight is 307 g/mol. The number of thiophene rings is 1. The van der Waals surface area contributed by atoms with Crippen LogP contribution >= 0.6 is 11.3 Å². The first-order valence-electron chi connectivity index (χ1n) is 5.98. The summed E-state index contributed by atoms with van der Waals surface area (Å²) in [5.74, 6) is -0.560. The summed E-state index contributed by atoms with van der Waals surface area (Å²) in [5.41, 5.74) is 0.0608. The topological polar surface area (TPSA) is 84.9 Å². The molecule has 6 nitrogen and oxygen atoms in total. The maximum Gasteiger partial charge on any atom is 0.338 e. The molecule has 1 aromatic carbocycles. The number of methoxy groups -OCH3 is 1. The Hall–Kier alpha value is -2.54. The molecule has 110 valence electrons. The van der Waals surface area contributed by atoms with Crippen LogP contribution in [0.4, 0.5) is 5.00 Å². The summed E-state index contributed by atoms with van der Waals surface area (Å²) in [5, 5.41) is 13.3. The van der Waals surface area contributed by atoms with E-state index in [4.69, 9.17) is 14.6 Å². The molecule has 0 radical (unpaired) electrons. The Bertz CT molecular complexity index is 652. The lowest BCUT2D eigenvalue weighted by Crippen LogP contribution is -2.20. The number of carbonyl (C=O) groups excluding carboxylic acids is 1. The summed E-state index contributed by atoms with van der Waals surface area (Å²) in [4.78, 5) is 22.7. The number of hydrogen-bond donors (Lipinski definition) is 2. The normalized spacial score (nSPS) is 9.95. The number of nitrogens with one attached hydrogen (secondary N) is 1. The zero-order valence-electron chi connectivity index (χ0n) is 11.2. The molecule has 2 N–H and O–H groups in total. The molecule has 2 rings (SSSR count). The van der Waals surface area contributed by atoms with E-state index in [0.717, 1.165) is 11.3 Å². The number of amides is 1. The number of carboxylic acids is 1. The van der Waals surface area contributed by atoms with Gasteiger partial charge in [0.25, 0.3) is 5.91 Å². The Labute approximate surface area is 124 Å². The van der Waals surface area contributed by atoms with E-state index < -0.39 is 11.9 Å². The van der Waals surface area contributed by atoms with Gasteiger partial charge < -0.3 is 19.9 Å². The summed E-state index contributed by atoms with van der Waals surface area (Å²) in [6.07, 6.45) is 0. The number of anilines is 1. The number of hydrogen-bond acceptors (Lipinski definition) is 5. The molecule has 0 atom stereocenters. The minimum atomic E-state index is -1.09. The van der Waals surface area contributed by atoms with E-state index in [1.165, 1.54) is 13.2 Å². The molecule has 0 saturated carbocycles. The van der Waals surface area contributed by atoms with E-state index in [-0.39, 0.29) is 17.2 Å². The number of aromatic carboxylic acids is 1. The minimum Gasteiger partial charge on any atom is -0.493 e. The molecule has 0 aliphatic rings. The van der Waals surface area contributed by atoms with Crippen LogP contribution in [0.3, 0.4) is 0 Å². The van der Waals surface area contributed by atoms with Crippen molar-refractivity contribution in [3.63, 3.8) is 0 Å². The van der Waals surface area contributed by atoms with Crippen molar-refractivity contribution in [2.45, 2.75) is 0 Å². The molecule has 7 heteroatoms. The quantitative estimate of drug-likeness (QED) is 0.856. The second-order valence-corrected chi connectivity index (χ2v) is 4.87. The Kier molecular flexibility index (Phi) is 4.78. The summed E-state index contributed by atoms with van der Waals surface area (Å²) >= 11 is 1.14. The predicted molar refractivity (Wildman–Crippen MR) is 78.4 cm³/mol. The molecule has 21 heavy (non-hydrogen) atoms. The molecule has 1 amide bonds. The van der Waals surface area contributed by atoms with Gasteiger partial charge in [-0.25, -0.2) is 4.79 Å². The first-order valence-corrected chi connectivity index (χ1v) is 6.86. The number of carboxylic acid groups (broad SMARTS) is 1. The maximum atomic E-state index is 11.8. The minimum absolute atomic E-state index is 0.0608. The number of benzene rings is 1. The van der Waals surface area contributed by atoms with E-state index >= 15 is 0 Å². The van der Waals surface area contributed by atoms with E-state index in [0.29, 0.717) is 11.5 Å². The highest BCUT2D eigenvalue weighted by Gasteiger charge is 2.14. The van der Waals surface area contributed by atoms with Gasteiger partial charge in [0.2, 0.25) is 0 Å². The largest absolute Gasteiger partial charge is 0.493 e. The van der Waals surface area contributed by atoms with Gasteiger partial charge in [0.15, 0.2) is 18.1 Å². The molecule has 2 aromatic rings. The highest BCUT2D eigenvalue weighted by Crippen LogP contribution is 2.26. The monoisotopic (exact) mass is 307 g/mol. The number of carbonyl (C=O) groups is 2. The zero-order chi connectivity index (χ0) is 15.2. The average Bonchev–Trinajstić information content (AvgIpc) is 2.93. The molecule has 0 bridgehead atoms. The summed E-state index contributed by atoms with van der Waals surface area (Å²) < 4.78 is 10.5. The molecule has 0 aliphatic carbocycles. The molecule has 1 heterocycles. The predicted octanol–water partition coefficient (Wildman–Crippen LogP) is 2.47. The molecule has 0 fully saturated rings. The van der Waals surface area contributed by atoms with Crippen molar-refractivity contribution < 1.29 is 24.2 Å². The second-order valence-electron chi connectivity index (χ2n) is 3.96. The lowest BCUT2D eigenvalue weighted by molar-refractivity contribution is -0.118. The van der Waals surface area contributed by atoms with E-state index in [1.54, 1.807) is 29.6 Å². The van der Waals surface area contributed by atoms with Gasteiger partial charge in [-0.3, -0.25) is 4.79 Å². The Morgan fingerprint density at radius 3 is 2.62 bits per heavy atom. The first-order chi connectivity index (χ1) is 10.1. The van der Waals surface area contributed by atoms with Crippen LogP contribution in [0.15, 0.2) is 35.7 Å². The van der Waals surface area contributed by atoms with Crippen molar-refractivity contribution in [1.29, 1.82) is 0 Å². The van der Waals surface area contributed by atoms with Crippen LogP contribution in [-0.2, 0) is 4.79 Å². The van der Waals surface area contributed by atoms with Crippen LogP contribution in [0.5, 0.6) is 11.5 Å². The molecule has 0 spiro atoms. The number of para-hydroxylation sites is 2. The maximum absolute atomic E-state index is 11.8. The van der Waals surface area contributed by atoms with Gasteiger partial charge in [0.1, 0.15) is 5.00 Å². The van der Waals surface area contributed by atoms with Crippen molar-refractivity contribution in [3.05, 3.63) is 41.3 Å². The number of rotatable bonds is 6. The van der Waals surface area contributed by atoms with Crippen LogP contribution in [0.2, 0.25) is 0 Å². The summed E-state index contributed by atoms with van der Waals surface area (Å²) in [7, 11) is 1.51. The van der Waals surface area contributed by atoms with Gasteiger partial charge in [-0.15, -0.1) is 11.3 Å². The fourth-order valence-corrected chi connectivity index (χ4v) is 2.41. The van der Waals surface area contributed by atoms with Crippen LogP contribution in [0.1, 0.15) is 10.4 Å². The highest BCUT2D eigenvalue weighted by atomic mass is 32.1. The zero-order valence-corrected chi connectivity index (χ0v) is 12.0. The van der Waals surface area contributed by atoms with Crippen LogP contribution in [0, 0.1) is 0 Å². The summed E-state index contributed by atoms with van der Waals surface area (Å²) in [6.45, 7) is -0.239. The molecule has 1 aromatic heterocycles. The van der Waals surface area contributed by atoms with Crippen LogP contribution < -0.4 is 14.8 Å². The second kappa shape index (κ2) is 6.76. The fraction of sp³-hybridized carbons (Fsp3) is 0.143. The Morgan fingerprint density at radius 2 is 1.95 bits per heavy atom. The van der Waals surface area contributed by atoms with Gasteiger partial charge >= 0.3 is 5.97 Å². The lowest BCUT2D eigenvalue weighted by Gasteiger charge is -2.10. The van der Waals surface area contributed by atoms with E-state index in [9.17, 15) is 9.59 Å². The van der Waals surface area contributed by atoms with Crippen molar-refractivity contribution in [1.82, 2.24) is 0 Å². The highest BCUT2D eigenvalue weighted by molar-refractivity contribution is 7.14. The smallest absolute Gasteiger partial charge is 0.338 e. The van der Waals surface area contributed by atoms with Crippen LogP contribution in [-0.4, -0.2) is 30.7 Å². The van der Waals surface area contributed by atoms with Gasteiger partial charge in [-0.1, -0.05) is 12.1 Å². The number of ether oxygens (including phenoxy) is 2. The van der Waals surface area contributed by atoms with Crippen molar-refractivity contribution in [2.24, 2.45) is 0 Å². The van der Waals surface area contributed by atoms with Gasteiger partial charge in [0, 0.05) is 0 Å². The lowest BCUT2D eigenvalue weighted by atomic mass is 10.3. The third kappa shape index (κ3) is 3.73. The van der Waals surface area contributed by atoms with Crippen molar-refractivity contribution in [3.8, 4) is 11.5 Å². The van der Waals surface area contributed by atoms with E-state index in [2.05, 4.69) is 5.32 Å². The van der Waals surface area contributed by atoms with E-state index in [1.807, 2.05) is 0 Å². The molecular formula is C14H13NO5S. The van der Waals surface area contributed by atoms with Gasteiger partial charge in [-0.2, -0.15) is 0 Å². The van der Waals surface area contributed by atoms with Crippen molar-refractivity contribution >= 4 is 28.2 Å². The Balaban J connectivity index is 1.96. The molecule has 0 saturated heterocycles. The Morgan fingerprint density at radius 1 is 1.24 bits per heavy atom. The molecular weight excluding hydrogens is 294 g/mol. The third-order valence-electron chi connectivity index (χ3n) is 2.58. The molecule has 0 unspecified atom stereocenters. The van der Waals surface area contributed by atoms with Crippen molar-refractivity contribution in [2.75, 3.05) is 19.0 Å². The fourth-order valence-electron chi connectivity index (χ4n) is 1.62. The first kappa shape index (κ1) is 14.9. The SMILES string of the molecule is COc1ccccc1OCC(=O)Nc1sccc1C(=O)O. The van der Waals surface area contributed by atoms with Gasteiger partial charge in [-0.05, 0) is 23.6 Å². The molecule has 0 aliphatic heterocycles. The summed E-state index contributed by atoms with van der Waals surface area (Å²) in [6, 6.07) is 8.38.